The largest absolute Gasteiger partial charge is 0.507 e. The molecular formula is C24H18FN3O5S. The summed E-state index contributed by atoms with van der Waals surface area (Å²) >= 11 is 0.877. The molecule has 172 valence electrons. The number of pyridine rings is 1. The summed E-state index contributed by atoms with van der Waals surface area (Å²) in [5.74, 6) is -3.44. The number of aliphatic hydroxyl groups is 1. The van der Waals surface area contributed by atoms with E-state index < -0.39 is 35.3 Å². The van der Waals surface area contributed by atoms with Crippen LogP contribution in [0.15, 0.2) is 67.0 Å². The molecule has 1 unspecified atom stereocenters. The zero-order chi connectivity index (χ0) is 24.4. The lowest BCUT2D eigenvalue weighted by molar-refractivity contribution is -0.132. The smallest absolute Gasteiger partial charge is 0.350 e. The molecular weight excluding hydrogens is 461 g/mol. The first-order valence-corrected chi connectivity index (χ1v) is 10.9. The third-order valence-corrected chi connectivity index (χ3v) is 6.23. The summed E-state index contributed by atoms with van der Waals surface area (Å²) in [4.78, 5) is 48.1. The summed E-state index contributed by atoms with van der Waals surface area (Å²) in [6.45, 7) is 5.07. The number of benzene rings is 1. The molecule has 1 atom stereocenters. The molecule has 1 N–H and O–H groups in total. The molecule has 3 heterocycles. The van der Waals surface area contributed by atoms with Crippen molar-refractivity contribution in [3.05, 3.63) is 94.5 Å². The van der Waals surface area contributed by atoms with Gasteiger partial charge in [0, 0.05) is 18.0 Å². The van der Waals surface area contributed by atoms with E-state index in [0.717, 1.165) is 16.2 Å². The van der Waals surface area contributed by atoms with E-state index in [4.69, 9.17) is 4.74 Å². The van der Waals surface area contributed by atoms with Crippen LogP contribution < -0.4 is 4.90 Å². The summed E-state index contributed by atoms with van der Waals surface area (Å²) in [5, 5.41) is 11.0. The third kappa shape index (κ3) is 4.11. The van der Waals surface area contributed by atoms with E-state index in [2.05, 4.69) is 16.5 Å². The minimum atomic E-state index is -1.10. The first-order chi connectivity index (χ1) is 16.3. The van der Waals surface area contributed by atoms with Crippen molar-refractivity contribution in [3.8, 4) is 0 Å². The summed E-state index contributed by atoms with van der Waals surface area (Å²) in [6.07, 6.45) is 4.29. The van der Waals surface area contributed by atoms with Crippen LogP contribution in [0.2, 0.25) is 0 Å². The molecule has 1 aliphatic rings. The van der Waals surface area contributed by atoms with Gasteiger partial charge in [0.2, 0.25) is 0 Å². The number of ether oxygens (including phenoxy) is 1. The molecule has 0 saturated carbocycles. The number of Topliss-reactive ketones (excluding diaryl/α,β-unsaturated/α-hetero) is 1. The Balaban J connectivity index is 1.88. The molecule has 1 fully saturated rings. The van der Waals surface area contributed by atoms with E-state index in [1.807, 2.05) is 0 Å². The van der Waals surface area contributed by atoms with Crippen LogP contribution in [0.4, 0.5) is 9.52 Å². The Labute approximate surface area is 197 Å². The Morgan fingerprint density at radius 2 is 1.91 bits per heavy atom. The number of esters is 1. The predicted octanol–water partition coefficient (Wildman–Crippen LogP) is 3.95. The second-order valence-corrected chi connectivity index (χ2v) is 8.23. The lowest BCUT2D eigenvalue weighted by Crippen LogP contribution is -2.29. The second kappa shape index (κ2) is 9.36. The summed E-state index contributed by atoms with van der Waals surface area (Å²) in [5.41, 5.74) is 0.776. The number of amides is 1. The fourth-order valence-electron chi connectivity index (χ4n) is 3.53. The molecule has 1 aliphatic heterocycles. The SMILES string of the molecule is C=CCOC(=O)c1sc(N2C(=O)C(=O)C(=C(O)c3ccncc3)C2c2ccc(F)cc2)nc1C. The van der Waals surface area contributed by atoms with Crippen LogP contribution in [-0.2, 0) is 14.3 Å². The van der Waals surface area contributed by atoms with Crippen LogP contribution in [-0.4, -0.2) is 39.3 Å². The Hall–Kier alpha value is -4.18. The number of hydrogen-bond acceptors (Lipinski definition) is 8. The minimum absolute atomic E-state index is 0.00245. The van der Waals surface area contributed by atoms with Gasteiger partial charge in [-0.3, -0.25) is 19.5 Å². The monoisotopic (exact) mass is 479 g/mol. The molecule has 34 heavy (non-hydrogen) atoms. The minimum Gasteiger partial charge on any atom is -0.507 e. The molecule has 10 heteroatoms. The number of aryl methyl sites for hydroxylation is 1. The molecule has 3 aromatic rings. The fourth-order valence-corrected chi connectivity index (χ4v) is 4.52. The average Bonchev–Trinajstić information content (AvgIpc) is 3.35. The Morgan fingerprint density at radius 3 is 2.56 bits per heavy atom. The first kappa shape index (κ1) is 23.0. The van der Waals surface area contributed by atoms with Gasteiger partial charge in [-0.15, -0.1) is 0 Å². The molecule has 1 amide bonds. The number of carbonyl (C=O) groups excluding carboxylic acids is 3. The van der Waals surface area contributed by atoms with E-state index >= 15 is 0 Å². The summed E-state index contributed by atoms with van der Waals surface area (Å²) < 4.78 is 18.7. The second-order valence-electron chi connectivity index (χ2n) is 7.25. The van der Waals surface area contributed by atoms with Crippen LogP contribution in [0.5, 0.6) is 0 Å². The topological polar surface area (TPSA) is 110 Å². The number of carbonyl (C=O) groups is 3. The van der Waals surface area contributed by atoms with Gasteiger partial charge in [0.05, 0.1) is 17.3 Å². The lowest BCUT2D eigenvalue weighted by Gasteiger charge is -2.23. The van der Waals surface area contributed by atoms with Crippen LogP contribution in [0.3, 0.4) is 0 Å². The Morgan fingerprint density at radius 1 is 1.24 bits per heavy atom. The number of halogens is 1. The molecule has 1 aromatic carbocycles. The quantitative estimate of drug-likeness (QED) is 0.187. The molecule has 8 nitrogen and oxygen atoms in total. The van der Waals surface area contributed by atoms with Crippen LogP contribution >= 0.6 is 11.3 Å². The van der Waals surface area contributed by atoms with Crippen LogP contribution in [0.25, 0.3) is 5.76 Å². The van der Waals surface area contributed by atoms with Gasteiger partial charge in [0.15, 0.2) is 5.13 Å². The number of hydrogen-bond donors (Lipinski definition) is 1. The number of anilines is 1. The number of aliphatic hydroxyl groups excluding tert-OH is 1. The van der Waals surface area contributed by atoms with Crippen molar-refractivity contribution < 1.29 is 28.6 Å². The molecule has 0 bridgehead atoms. The normalized spacial score (nSPS) is 17.1. The Bertz CT molecular complexity index is 1320. The van der Waals surface area contributed by atoms with Gasteiger partial charge < -0.3 is 9.84 Å². The van der Waals surface area contributed by atoms with Crippen LogP contribution in [0, 0.1) is 12.7 Å². The predicted molar refractivity (Wildman–Crippen MR) is 123 cm³/mol. The zero-order valence-corrected chi connectivity index (χ0v) is 18.7. The zero-order valence-electron chi connectivity index (χ0n) is 17.9. The van der Waals surface area contributed by atoms with Crippen molar-refractivity contribution in [1.82, 2.24) is 9.97 Å². The summed E-state index contributed by atoms with van der Waals surface area (Å²) in [7, 11) is 0. The molecule has 4 rings (SSSR count). The van der Waals surface area contributed by atoms with Gasteiger partial charge in [-0.1, -0.05) is 36.1 Å². The number of aromatic nitrogens is 2. The van der Waals surface area contributed by atoms with Gasteiger partial charge in [-0.2, -0.15) is 0 Å². The summed E-state index contributed by atoms with van der Waals surface area (Å²) in [6, 6.07) is 7.09. The average molecular weight is 479 g/mol. The molecule has 0 aliphatic carbocycles. The molecule has 1 saturated heterocycles. The highest BCUT2D eigenvalue weighted by molar-refractivity contribution is 7.17. The van der Waals surface area contributed by atoms with Gasteiger partial charge in [-0.25, -0.2) is 14.2 Å². The standard InChI is InChI=1S/C24H18FN3O5S/c1-3-12-33-23(32)21-13(2)27-24(34-21)28-18(14-4-6-16(25)7-5-14)17(20(30)22(28)31)19(29)15-8-10-26-11-9-15/h3-11,18,29H,1,12H2,2H3. The fraction of sp³-hybridized carbons (Fsp3) is 0.125. The van der Waals surface area contributed by atoms with E-state index in [1.165, 1.54) is 54.9 Å². The van der Waals surface area contributed by atoms with E-state index in [9.17, 15) is 23.9 Å². The van der Waals surface area contributed by atoms with Gasteiger partial charge in [0.25, 0.3) is 5.78 Å². The maximum Gasteiger partial charge on any atom is 0.350 e. The Kier molecular flexibility index (Phi) is 6.33. The van der Waals surface area contributed by atoms with Crippen molar-refractivity contribution >= 4 is 39.9 Å². The number of ketones is 1. The van der Waals surface area contributed by atoms with Gasteiger partial charge in [-0.05, 0) is 36.8 Å². The van der Waals surface area contributed by atoms with Crippen molar-refractivity contribution in [1.29, 1.82) is 0 Å². The maximum absolute atomic E-state index is 13.6. The van der Waals surface area contributed by atoms with Crippen molar-refractivity contribution in [3.63, 3.8) is 0 Å². The van der Waals surface area contributed by atoms with Gasteiger partial charge >= 0.3 is 11.9 Å². The maximum atomic E-state index is 13.6. The van der Waals surface area contributed by atoms with E-state index in [-0.39, 0.29) is 27.8 Å². The first-order valence-electron chi connectivity index (χ1n) is 10.1. The third-order valence-electron chi connectivity index (χ3n) is 5.09. The van der Waals surface area contributed by atoms with Crippen LogP contribution in [0.1, 0.15) is 32.5 Å². The highest BCUT2D eigenvalue weighted by atomic mass is 32.1. The number of rotatable bonds is 6. The van der Waals surface area contributed by atoms with Crippen molar-refractivity contribution in [2.75, 3.05) is 11.5 Å². The van der Waals surface area contributed by atoms with E-state index in [0.29, 0.717) is 11.3 Å². The number of thiazole rings is 1. The molecule has 0 spiro atoms. The van der Waals surface area contributed by atoms with E-state index in [1.54, 1.807) is 6.92 Å². The number of nitrogens with zero attached hydrogens (tertiary/aromatic N) is 3. The molecule has 2 aromatic heterocycles. The van der Waals surface area contributed by atoms with Crippen molar-refractivity contribution in [2.45, 2.75) is 13.0 Å². The lowest BCUT2D eigenvalue weighted by atomic mass is 9.95. The molecule has 0 radical (unpaired) electrons. The van der Waals surface area contributed by atoms with Crippen molar-refractivity contribution in [2.24, 2.45) is 0 Å². The van der Waals surface area contributed by atoms with Gasteiger partial charge in [0.1, 0.15) is 23.1 Å². The highest BCUT2D eigenvalue weighted by Gasteiger charge is 2.48. The highest BCUT2D eigenvalue weighted by Crippen LogP contribution is 2.43.